The van der Waals surface area contributed by atoms with Gasteiger partial charge in [-0.25, -0.2) is 0 Å². The van der Waals surface area contributed by atoms with Crippen LogP contribution in [0.15, 0.2) is 24.3 Å². The molecule has 0 spiro atoms. The summed E-state index contributed by atoms with van der Waals surface area (Å²) in [6.45, 7) is 8.21. The smallest absolute Gasteiger partial charge is 0.146 e. The minimum Gasteiger partial charge on any atom is -0.387 e. The Morgan fingerprint density at radius 2 is 1.86 bits per heavy atom. The first kappa shape index (κ1) is 15.7. The molecule has 5 heteroatoms. The van der Waals surface area contributed by atoms with E-state index in [2.05, 4.69) is 22.0 Å². The lowest BCUT2D eigenvalue weighted by Crippen LogP contribution is -2.29. The van der Waals surface area contributed by atoms with Crippen molar-refractivity contribution in [3.05, 3.63) is 47.0 Å². The molecule has 1 heterocycles. The van der Waals surface area contributed by atoms with Gasteiger partial charge in [0.05, 0.1) is 12.6 Å². The third-order valence-corrected chi connectivity index (χ3v) is 3.89. The number of nitrogens with zero attached hydrogens (tertiary/aromatic N) is 4. The van der Waals surface area contributed by atoms with Crippen LogP contribution < -0.4 is 0 Å². The molecule has 1 atom stereocenters. The van der Waals surface area contributed by atoms with Gasteiger partial charge in [-0.3, -0.25) is 4.90 Å². The summed E-state index contributed by atoms with van der Waals surface area (Å²) in [4.78, 5) is 2.17. The first-order chi connectivity index (χ1) is 10.0. The molecule has 0 saturated carbocycles. The average Bonchev–Trinajstić information content (AvgIpc) is 2.79. The molecular formula is C16H24N4O. The number of aliphatic hydroxyl groups is 1. The van der Waals surface area contributed by atoms with E-state index in [1.54, 1.807) is 0 Å². The lowest BCUT2D eigenvalue weighted by atomic mass is 10.1. The van der Waals surface area contributed by atoms with Gasteiger partial charge in [0.2, 0.25) is 0 Å². The summed E-state index contributed by atoms with van der Waals surface area (Å²) in [7, 11) is 1.97. The van der Waals surface area contributed by atoms with Gasteiger partial charge in [0.25, 0.3) is 0 Å². The summed E-state index contributed by atoms with van der Waals surface area (Å²) in [5.41, 5.74) is 2.15. The molecule has 1 aromatic carbocycles. The topological polar surface area (TPSA) is 54.2 Å². The summed E-state index contributed by atoms with van der Waals surface area (Å²) in [6.07, 6.45) is -0.486. The van der Waals surface area contributed by atoms with Crippen LogP contribution in [0.4, 0.5) is 0 Å². The Morgan fingerprint density at radius 1 is 1.19 bits per heavy atom. The number of aromatic nitrogens is 3. The number of hydrogen-bond acceptors (Lipinski definition) is 4. The van der Waals surface area contributed by atoms with E-state index in [0.717, 1.165) is 23.8 Å². The van der Waals surface area contributed by atoms with Gasteiger partial charge in [0, 0.05) is 13.6 Å². The maximum Gasteiger partial charge on any atom is 0.146 e. The van der Waals surface area contributed by atoms with Gasteiger partial charge in [0.1, 0.15) is 11.6 Å². The number of rotatable bonds is 6. The molecular weight excluding hydrogens is 264 g/mol. The normalized spacial score (nSPS) is 12.9. The molecule has 0 bridgehead atoms. The van der Waals surface area contributed by atoms with Crippen molar-refractivity contribution < 1.29 is 5.11 Å². The van der Waals surface area contributed by atoms with Gasteiger partial charge in [0.15, 0.2) is 0 Å². The van der Waals surface area contributed by atoms with Crippen LogP contribution in [0.3, 0.4) is 0 Å². The number of benzene rings is 1. The fourth-order valence-electron chi connectivity index (χ4n) is 2.23. The zero-order valence-electron chi connectivity index (χ0n) is 13.2. The molecule has 1 N–H and O–H groups in total. The van der Waals surface area contributed by atoms with E-state index in [1.165, 1.54) is 5.56 Å². The molecule has 2 rings (SSSR count). The van der Waals surface area contributed by atoms with Crippen molar-refractivity contribution in [2.45, 2.75) is 33.4 Å². The highest BCUT2D eigenvalue weighted by Gasteiger charge is 2.15. The Morgan fingerprint density at radius 3 is 2.38 bits per heavy atom. The molecule has 114 valence electrons. The molecule has 1 unspecified atom stereocenters. The van der Waals surface area contributed by atoms with Crippen molar-refractivity contribution in [2.24, 2.45) is 7.05 Å². The second-order valence-electron chi connectivity index (χ2n) is 5.48. The first-order valence-electron chi connectivity index (χ1n) is 7.33. The molecule has 0 aliphatic heterocycles. The largest absolute Gasteiger partial charge is 0.387 e. The molecule has 2 aromatic rings. The van der Waals surface area contributed by atoms with Gasteiger partial charge in [-0.05, 0) is 26.0 Å². The molecule has 0 amide bonds. The maximum atomic E-state index is 10.4. The number of aryl methyl sites for hydroxylation is 2. The number of hydrogen-bond donors (Lipinski definition) is 1. The summed E-state index contributed by atoms with van der Waals surface area (Å²) in [5.74, 6) is 1.82. The van der Waals surface area contributed by atoms with E-state index in [-0.39, 0.29) is 0 Å². The summed E-state index contributed by atoms with van der Waals surface area (Å²) < 4.78 is 1.99. The third kappa shape index (κ3) is 3.89. The summed E-state index contributed by atoms with van der Waals surface area (Å²) in [6, 6.07) is 8.03. The van der Waals surface area contributed by atoms with E-state index >= 15 is 0 Å². The average molecular weight is 288 g/mol. The van der Waals surface area contributed by atoms with E-state index in [9.17, 15) is 5.11 Å². The standard InChI is InChI=1S/C16H24N4O/c1-5-20(11-16-18-17-13(3)19(16)4)10-15(21)14-8-6-12(2)7-9-14/h6-9,15,21H,5,10-11H2,1-4H3. The Bertz CT molecular complexity index is 576. The molecule has 5 nitrogen and oxygen atoms in total. The summed E-state index contributed by atoms with van der Waals surface area (Å²) in [5, 5.41) is 18.6. The van der Waals surface area contributed by atoms with Gasteiger partial charge >= 0.3 is 0 Å². The monoisotopic (exact) mass is 288 g/mol. The van der Waals surface area contributed by atoms with E-state index in [4.69, 9.17) is 0 Å². The number of likely N-dealkylation sites (N-methyl/N-ethyl adjacent to an activating group) is 1. The van der Waals surface area contributed by atoms with Crippen molar-refractivity contribution in [1.82, 2.24) is 19.7 Å². The molecule has 1 aromatic heterocycles. The maximum absolute atomic E-state index is 10.4. The fraction of sp³-hybridized carbons (Fsp3) is 0.500. The van der Waals surface area contributed by atoms with E-state index in [0.29, 0.717) is 13.1 Å². The molecule has 0 radical (unpaired) electrons. The van der Waals surface area contributed by atoms with Crippen LogP contribution in [-0.2, 0) is 13.6 Å². The van der Waals surface area contributed by atoms with Crippen molar-refractivity contribution in [3.63, 3.8) is 0 Å². The highest BCUT2D eigenvalue weighted by atomic mass is 16.3. The van der Waals surface area contributed by atoms with Gasteiger partial charge in [-0.15, -0.1) is 10.2 Å². The second kappa shape index (κ2) is 6.83. The van der Waals surface area contributed by atoms with E-state index in [1.807, 2.05) is 49.7 Å². The van der Waals surface area contributed by atoms with Crippen LogP contribution in [0.5, 0.6) is 0 Å². The lowest BCUT2D eigenvalue weighted by molar-refractivity contribution is 0.110. The summed E-state index contributed by atoms with van der Waals surface area (Å²) >= 11 is 0. The van der Waals surface area contributed by atoms with Crippen LogP contribution in [-0.4, -0.2) is 37.9 Å². The van der Waals surface area contributed by atoms with Crippen LogP contribution >= 0.6 is 0 Å². The predicted octanol–water partition coefficient (Wildman–Crippen LogP) is 1.99. The van der Waals surface area contributed by atoms with Crippen LogP contribution in [0.2, 0.25) is 0 Å². The van der Waals surface area contributed by atoms with Gasteiger partial charge in [-0.1, -0.05) is 36.8 Å². The number of aliphatic hydroxyl groups excluding tert-OH is 1. The minimum atomic E-state index is -0.486. The van der Waals surface area contributed by atoms with Crippen molar-refractivity contribution in [1.29, 1.82) is 0 Å². The second-order valence-corrected chi connectivity index (χ2v) is 5.48. The van der Waals surface area contributed by atoms with Gasteiger partial charge in [-0.2, -0.15) is 0 Å². The molecule has 21 heavy (non-hydrogen) atoms. The Kier molecular flexibility index (Phi) is 5.09. The zero-order valence-corrected chi connectivity index (χ0v) is 13.2. The highest BCUT2D eigenvalue weighted by molar-refractivity contribution is 5.23. The van der Waals surface area contributed by atoms with Crippen molar-refractivity contribution in [2.75, 3.05) is 13.1 Å². The van der Waals surface area contributed by atoms with Crippen LogP contribution in [0.1, 0.15) is 35.8 Å². The first-order valence-corrected chi connectivity index (χ1v) is 7.33. The molecule has 0 saturated heterocycles. The Balaban J connectivity index is 2.01. The van der Waals surface area contributed by atoms with Gasteiger partial charge < -0.3 is 9.67 Å². The van der Waals surface area contributed by atoms with Crippen LogP contribution in [0, 0.1) is 13.8 Å². The van der Waals surface area contributed by atoms with Crippen molar-refractivity contribution in [3.8, 4) is 0 Å². The molecule has 0 aliphatic carbocycles. The third-order valence-electron chi connectivity index (χ3n) is 3.89. The van der Waals surface area contributed by atoms with Crippen molar-refractivity contribution >= 4 is 0 Å². The quantitative estimate of drug-likeness (QED) is 0.883. The van der Waals surface area contributed by atoms with Crippen LogP contribution in [0.25, 0.3) is 0 Å². The SMILES string of the molecule is CCN(Cc1nnc(C)n1C)CC(O)c1ccc(C)cc1. The predicted molar refractivity (Wildman–Crippen MR) is 82.8 cm³/mol. The lowest BCUT2D eigenvalue weighted by Gasteiger charge is -2.23. The highest BCUT2D eigenvalue weighted by Crippen LogP contribution is 2.16. The molecule has 0 fully saturated rings. The Hall–Kier alpha value is -1.72. The minimum absolute atomic E-state index is 0.486. The Labute approximate surface area is 126 Å². The van der Waals surface area contributed by atoms with E-state index < -0.39 is 6.10 Å². The molecule has 0 aliphatic rings. The zero-order chi connectivity index (χ0) is 15.4. The fourth-order valence-corrected chi connectivity index (χ4v) is 2.23.